The van der Waals surface area contributed by atoms with Crippen molar-refractivity contribution in [3.63, 3.8) is 0 Å². The zero-order valence-corrected chi connectivity index (χ0v) is 15.6. The minimum atomic E-state index is -0.0403. The summed E-state index contributed by atoms with van der Waals surface area (Å²) in [5.41, 5.74) is 4.64. The quantitative estimate of drug-likeness (QED) is 0.802. The summed E-state index contributed by atoms with van der Waals surface area (Å²) in [7, 11) is 1.96. The Morgan fingerprint density at radius 3 is 2.85 bits per heavy atom. The molecule has 4 rings (SSSR count). The number of rotatable bonds is 6. The van der Waals surface area contributed by atoms with Crippen LogP contribution >= 0.6 is 0 Å². The highest BCUT2D eigenvalue weighted by atomic mass is 16.5. The van der Waals surface area contributed by atoms with Gasteiger partial charge in [0, 0.05) is 20.2 Å². The molecule has 0 N–H and O–H groups in total. The van der Waals surface area contributed by atoms with Crippen LogP contribution < -0.4 is 0 Å². The van der Waals surface area contributed by atoms with Gasteiger partial charge in [0.05, 0.1) is 31.0 Å². The standard InChI is InChI=1S/C21H27N3O2/c1-15-5-3-4-6-17(15)11-20(25)24-10-9-18-12-22-23(2)21(18)19(24)14-26-13-16-7-8-16/h3-6,12,16,19H,7-11,13-14H2,1-2H3/t19-/m1/s1. The van der Waals surface area contributed by atoms with Crippen LogP contribution in [0.25, 0.3) is 0 Å². The van der Waals surface area contributed by atoms with Crippen molar-refractivity contribution in [1.29, 1.82) is 0 Å². The second-order valence-electron chi connectivity index (χ2n) is 7.62. The van der Waals surface area contributed by atoms with Crippen molar-refractivity contribution in [2.45, 2.75) is 38.6 Å². The molecule has 0 radical (unpaired) electrons. The summed E-state index contributed by atoms with van der Waals surface area (Å²) in [6.45, 7) is 4.17. The van der Waals surface area contributed by atoms with Crippen LogP contribution in [0.5, 0.6) is 0 Å². The Kier molecular flexibility index (Phi) is 4.81. The lowest BCUT2D eigenvalue weighted by molar-refractivity contribution is -0.135. The number of benzene rings is 1. The number of aryl methyl sites for hydroxylation is 2. The molecule has 138 valence electrons. The number of carbonyl (C=O) groups excluding carboxylic acids is 1. The predicted octanol–water partition coefficient (Wildman–Crippen LogP) is 2.82. The van der Waals surface area contributed by atoms with Crippen molar-refractivity contribution in [3.05, 3.63) is 52.8 Å². The van der Waals surface area contributed by atoms with Crippen LogP contribution in [-0.2, 0) is 29.4 Å². The molecule has 2 heterocycles. The highest BCUT2D eigenvalue weighted by Crippen LogP contribution is 2.32. The average Bonchev–Trinajstić information content (AvgIpc) is 3.38. The summed E-state index contributed by atoms with van der Waals surface area (Å²) in [4.78, 5) is 15.1. The average molecular weight is 353 g/mol. The van der Waals surface area contributed by atoms with Gasteiger partial charge in [-0.05, 0) is 48.8 Å². The van der Waals surface area contributed by atoms with Gasteiger partial charge in [-0.15, -0.1) is 0 Å². The molecule has 2 aromatic rings. The molecule has 1 fully saturated rings. The van der Waals surface area contributed by atoms with Gasteiger partial charge in [-0.3, -0.25) is 9.48 Å². The second kappa shape index (κ2) is 7.23. The van der Waals surface area contributed by atoms with Crippen molar-refractivity contribution in [1.82, 2.24) is 14.7 Å². The normalized spacial score (nSPS) is 19.5. The zero-order valence-electron chi connectivity index (χ0n) is 15.6. The Morgan fingerprint density at radius 1 is 1.27 bits per heavy atom. The molecule has 1 aliphatic heterocycles. The van der Waals surface area contributed by atoms with E-state index in [4.69, 9.17) is 4.74 Å². The molecule has 0 saturated heterocycles. The molecule has 5 nitrogen and oxygen atoms in total. The third-order valence-corrected chi connectivity index (χ3v) is 5.63. The van der Waals surface area contributed by atoms with Gasteiger partial charge in [0.15, 0.2) is 0 Å². The highest BCUT2D eigenvalue weighted by molar-refractivity contribution is 5.80. The second-order valence-corrected chi connectivity index (χ2v) is 7.62. The summed E-state index contributed by atoms with van der Waals surface area (Å²) < 4.78 is 7.91. The van der Waals surface area contributed by atoms with Crippen molar-refractivity contribution >= 4 is 5.91 Å². The van der Waals surface area contributed by atoms with Gasteiger partial charge in [0.1, 0.15) is 0 Å². The molecule has 0 unspecified atom stereocenters. The molecule has 1 aromatic heterocycles. The number of amides is 1. The van der Waals surface area contributed by atoms with Gasteiger partial charge in [-0.2, -0.15) is 5.10 Å². The number of aromatic nitrogens is 2. The monoisotopic (exact) mass is 353 g/mol. The number of ether oxygens (including phenoxy) is 1. The molecule has 1 aromatic carbocycles. The van der Waals surface area contributed by atoms with Crippen LogP contribution in [0.3, 0.4) is 0 Å². The van der Waals surface area contributed by atoms with Crippen LogP contribution in [0.15, 0.2) is 30.5 Å². The Morgan fingerprint density at radius 2 is 2.08 bits per heavy atom. The maximum Gasteiger partial charge on any atom is 0.227 e. The van der Waals surface area contributed by atoms with Crippen LogP contribution in [0, 0.1) is 12.8 Å². The zero-order chi connectivity index (χ0) is 18.1. The molecule has 1 atom stereocenters. The van der Waals surface area contributed by atoms with E-state index >= 15 is 0 Å². The van der Waals surface area contributed by atoms with E-state index in [9.17, 15) is 4.79 Å². The minimum absolute atomic E-state index is 0.0403. The first-order valence-corrected chi connectivity index (χ1v) is 9.56. The lowest BCUT2D eigenvalue weighted by Gasteiger charge is -2.36. The van der Waals surface area contributed by atoms with Crippen molar-refractivity contribution in [2.24, 2.45) is 13.0 Å². The van der Waals surface area contributed by atoms with Gasteiger partial charge >= 0.3 is 0 Å². The van der Waals surface area contributed by atoms with E-state index in [1.54, 1.807) is 0 Å². The van der Waals surface area contributed by atoms with Gasteiger partial charge in [0.2, 0.25) is 5.91 Å². The van der Waals surface area contributed by atoms with E-state index in [1.165, 1.54) is 24.0 Å². The molecule has 0 bridgehead atoms. The number of fused-ring (bicyclic) bond motifs is 1. The van der Waals surface area contributed by atoms with Crippen molar-refractivity contribution in [2.75, 3.05) is 19.8 Å². The molecule has 0 spiro atoms. The first-order chi connectivity index (χ1) is 12.6. The fourth-order valence-corrected chi connectivity index (χ4v) is 3.83. The van der Waals surface area contributed by atoms with Crippen LogP contribution in [0.4, 0.5) is 0 Å². The van der Waals surface area contributed by atoms with E-state index in [0.717, 1.165) is 36.7 Å². The fraction of sp³-hybridized carbons (Fsp3) is 0.524. The summed E-state index contributed by atoms with van der Waals surface area (Å²) in [5.74, 6) is 0.895. The van der Waals surface area contributed by atoms with Crippen molar-refractivity contribution in [3.8, 4) is 0 Å². The van der Waals surface area contributed by atoms with Gasteiger partial charge in [0.25, 0.3) is 0 Å². The summed E-state index contributed by atoms with van der Waals surface area (Å²) in [6.07, 6.45) is 5.79. The SMILES string of the molecule is Cc1ccccc1CC(=O)N1CCc2cnn(C)c2[C@H]1COCC1CC1. The maximum atomic E-state index is 13.1. The van der Waals surface area contributed by atoms with E-state index in [0.29, 0.717) is 13.0 Å². The van der Waals surface area contributed by atoms with Gasteiger partial charge in [-0.1, -0.05) is 24.3 Å². The molecular formula is C21H27N3O2. The summed E-state index contributed by atoms with van der Waals surface area (Å²) in [6, 6.07) is 8.09. The molecule has 1 aliphatic carbocycles. The van der Waals surface area contributed by atoms with E-state index < -0.39 is 0 Å². The fourth-order valence-electron chi connectivity index (χ4n) is 3.83. The number of hydrogen-bond acceptors (Lipinski definition) is 3. The summed E-state index contributed by atoms with van der Waals surface area (Å²) >= 11 is 0. The van der Waals surface area contributed by atoms with Crippen LogP contribution in [0.2, 0.25) is 0 Å². The molecule has 1 saturated carbocycles. The highest BCUT2D eigenvalue weighted by Gasteiger charge is 2.34. The Hall–Kier alpha value is -2.14. The van der Waals surface area contributed by atoms with Gasteiger partial charge in [-0.25, -0.2) is 0 Å². The van der Waals surface area contributed by atoms with Gasteiger partial charge < -0.3 is 9.64 Å². The lowest BCUT2D eigenvalue weighted by atomic mass is 9.98. The number of carbonyl (C=O) groups is 1. The predicted molar refractivity (Wildman–Crippen MR) is 99.8 cm³/mol. The number of hydrogen-bond donors (Lipinski definition) is 0. The minimum Gasteiger partial charge on any atom is -0.379 e. The van der Waals surface area contributed by atoms with E-state index in [-0.39, 0.29) is 11.9 Å². The Bertz CT molecular complexity index is 794. The molecule has 26 heavy (non-hydrogen) atoms. The topological polar surface area (TPSA) is 47.4 Å². The van der Waals surface area contributed by atoms with Crippen LogP contribution in [0.1, 0.15) is 41.3 Å². The molecule has 2 aliphatic rings. The third kappa shape index (κ3) is 3.54. The maximum absolute atomic E-state index is 13.1. The van der Waals surface area contributed by atoms with Crippen LogP contribution in [-0.4, -0.2) is 40.3 Å². The van der Waals surface area contributed by atoms with E-state index in [1.807, 2.05) is 41.0 Å². The molecular weight excluding hydrogens is 326 g/mol. The summed E-state index contributed by atoms with van der Waals surface area (Å²) in [5, 5.41) is 4.42. The molecule has 5 heteroatoms. The van der Waals surface area contributed by atoms with Crippen molar-refractivity contribution < 1.29 is 9.53 Å². The largest absolute Gasteiger partial charge is 0.379 e. The third-order valence-electron chi connectivity index (χ3n) is 5.63. The van der Waals surface area contributed by atoms with E-state index in [2.05, 4.69) is 18.1 Å². The smallest absolute Gasteiger partial charge is 0.227 e. The first-order valence-electron chi connectivity index (χ1n) is 9.56. The Balaban J connectivity index is 1.53. The first kappa shape index (κ1) is 17.3. The number of nitrogens with zero attached hydrogens (tertiary/aromatic N) is 3. The lowest BCUT2D eigenvalue weighted by Crippen LogP contribution is -2.43. The molecule has 1 amide bonds. The Labute approximate surface area is 154 Å².